The quantitative estimate of drug-likeness (QED) is 0.548. The normalized spacial score (nSPS) is 21.6. The van der Waals surface area contributed by atoms with Gasteiger partial charge in [-0.3, -0.25) is 19.7 Å². The van der Waals surface area contributed by atoms with Crippen molar-refractivity contribution in [3.63, 3.8) is 0 Å². The molecule has 1 aromatic carbocycles. The highest BCUT2D eigenvalue weighted by molar-refractivity contribution is 6.09. The van der Waals surface area contributed by atoms with Crippen molar-refractivity contribution in [1.82, 2.24) is 5.32 Å². The van der Waals surface area contributed by atoms with E-state index in [0.717, 1.165) is 31.7 Å². The van der Waals surface area contributed by atoms with Gasteiger partial charge in [0.25, 0.3) is 11.8 Å². The third-order valence-electron chi connectivity index (χ3n) is 6.19. The summed E-state index contributed by atoms with van der Waals surface area (Å²) >= 11 is 0. The van der Waals surface area contributed by atoms with E-state index in [1.165, 1.54) is 23.5 Å². The lowest BCUT2D eigenvalue weighted by Gasteiger charge is -2.36. The number of rotatable bonds is 8. The summed E-state index contributed by atoms with van der Waals surface area (Å²) in [6.45, 7) is 0.505. The highest BCUT2D eigenvalue weighted by Crippen LogP contribution is 2.42. The first-order chi connectivity index (χ1) is 14.4. The van der Waals surface area contributed by atoms with Gasteiger partial charge >= 0.3 is 0 Å². The number of benzene rings is 1. The molecule has 0 aromatic heterocycles. The molecular formula is C21H27FN4O4. The highest BCUT2D eigenvalue weighted by Gasteiger charge is 2.41. The molecule has 1 aromatic rings. The monoisotopic (exact) mass is 418 g/mol. The Hall–Kier alpha value is -2.52. The number of halogens is 1. The fraction of sp³-hybridized carbons (Fsp3) is 0.571. The van der Waals surface area contributed by atoms with Crippen LogP contribution in [-0.4, -0.2) is 49.6 Å². The van der Waals surface area contributed by atoms with Gasteiger partial charge in [-0.2, -0.15) is 0 Å². The molecule has 0 spiro atoms. The van der Waals surface area contributed by atoms with Gasteiger partial charge in [0.15, 0.2) is 6.04 Å². The maximum atomic E-state index is 14.6. The van der Waals surface area contributed by atoms with Gasteiger partial charge < -0.3 is 20.7 Å². The van der Waals surface area contributed by atoms with E-state index in [4.69, 9.17) is 10.5 Å². The van der Waals surface area contributed by atoms with Crippen molar-refractivity contribution in [1.29, 1.82) is 0 Å². The van der Waals surface area contributed by atoms with Gasteiger partial charge in [0.05, 0.1) is 12.3 Å². The zero-order valence-electron chi connectivity index (χ0n) is 16.7. The second-order valence-corrected chi connectivity index (χ2v) is 8.31. The number of nitrogens with zero attached hydrogens (tertiary/aromatic N) is 1. The summed E-state index contributed by atoms with van der Waals surface area (Å²) in [4.78, 5) is 37.9. The Morgan fingerprint density at radius 1 is 1.20 bits per heavy atom. The minimum absolute atomic E-state index is 0.0902. The Morgan fingerprint density at radius 2 is 1.93 bits per heavy atom. The molecule has 2 aliphatic carbocycles. The predicted octanol–water partition coefficient (Wildman–Crippen LogP) is 1.15. The van der Waals surface area contributed by atoms with E-state index < -0.39 is 23.7 Å². The molecule has 3 fully saturated rings. The maximum Gasteiger partial charge on any atom is 0.253 e. The second-order valence-electron chi connectivity index (χ2n) is 8.31. The van der Waals surface area contributed by atoms with Crippen LogP contribution in [-0.2, 0) is 19.1 Å². The van der Waals surface area contributed by atoms with Crippen molar-refractivity contribution < 1.29 is 23.5 Å². The van der Waals surface area contributed by atoms with Crippen molar-refractivity contribution >= 4 is 29.1 Å². The number of nitrogens with two attached hydrogens (primary N) is 1. The van der Waals surface area contributed by atoms with Crippen LogP contribution >= 0.6 is 0 Å². The van der Waals surface area contributed by atoms with E-state index in [2.05, 4.69) is 10.6 Å². The summed E-state index contributed by atoms with van der Waals surface area (Å²) in [6, 6.07) is 3.00. The number of carbonyl (C=O) groups is 3. The van der Waals surface area contributed by atoms with Crippen molar-refractivity contribution in [3.05, 3.63) is 24.0 Å². The zero-order valence-corrected chi connectivity index (χ0v) is 16.7. The minimum Gasteiger partial charge on any atom is -0.370 e. The first kappa shape index (κ1) is 20.7. The molecule has 8 nitrogen and oxygen atoms in total. The van der Waals surface area contributed by atoms with Crippen LogP contribution in [0.25, 0.3) is 0 Å². The molecule has 2 saturated carbocycles. The molecular weight excluding hydrogens is 391 g/mol. The lowest BCUT2D eigenvalue weighted by Crippen LogP contribution is -2.56. The van der Waals surface area contributed by atoms with E-state index in [0.29, 0.717) is 18.4 Å². The molecule has 3 amide bonds. The maximum absolute atomic E-state index is 14.6. The van der Waals surface area contributed by atoms with Crippen molar-refractivity contribution in [2.24, 2.45) is 17.6 Å². The topological polar surface area (TPSA) is 114 Å². The number of morpholine rings is 1. The highest BCUT2D eigenvalue weighted by atomic mass is 19.1. The molecule has 0 bridgehead atoms. The number of anilines is 2. The first-order valence-electron chi connectivity index (χ1n) is 10.5. The van der Waals surface area contributed by atoms with E-state index in [-0.39, 0.29) is 36.5 Å². The van der Waals surface area contributed by atoms with Crippen LogP contribution in [0.2, 0.25) is 0 Å². The molecule has 9 heteroatoms. The molecule has 4 N–H and O–H groups in total. The van der Waals surface area contributed by atoms with Crippen LogP contribution < -0.4 is 21.3 Å². The van der Waals surface area contributed by atoms with Crippen LogP contribution in [0.1, 0.15) is 32.1 Å². The van der Waals surface area contributed by atoms with Crippen molar-refractivity contribution in [2.45, 2.75) is 44.2 Å². The molecule has 1 saturated heterocycles. The van der Waals surface area contributed by atoms with Crippen LogP contribution in [0, 0.1) is 17.7 Å². The number of hydrogen-bond donors (Lipinski definition) is 3. The molecule has 1 heterocycles. The number of hydrogen-bond acceptors (Lipinski definition) is 5. The number of amides is 3. The molecule has 0 radical (unpaired) electrons. The van der Waals surface area contributed by atoms with E-state index >= 15 is 0 Å². The summed E-state index contributed by atoms with van der Waals surface area (Å²) in [5.41, 5.74) is 5.82. The summed E-state index contributed by atoms with van der Waals surface area (Å²) in [5, 5.41) is 5.75. The van der Waals surface area contributed by atoms with Gasteiger partial charge in [-0.05, 0) is 55.7 Å². The Balaban J connectivity index is 1.43. The standard InChI is InChI=1S/C21H27FN4O4/c22-15-10-14(6-7-16(15)26-8-9-30-11-17(26)27)24-21(29)19(20(23)28)25-18(13-4-5-13)12-2-1-3-12/h6-7,10,12-13,18-19,25H,1-5,8-9,11H2,(H2,23,28)(H,24,29)/t18?,19-/m0/s1. The van der Waals surface area contributed by atoms with Crippen LogP contribution in [0.15, 0.2) is 18.2 Å². The molecule has 3 aliphatic rings. The largest absolute Gasteiger partial charge is 0.370 e. The van der Waals surface area contributed by atoms with Gasteiger partial charge in [-0.1, -0.05) is 6.42 Å². The number of carbonyl (C=O) groups excluding carboxylic acids is 3. The first-order valence-corrected chi connectivity index (χ1v) is 10.5. The molecule has 1 aliphatic heterocycles. The fourth-order valence-electron chi connectivity index (χ4n) is 4.18. The number of ether oxygens (including phenoxy) is 1. The summed E-state index contributed by atoms with van der Waals surface area (Å²) in [7, 11) is 0. The van der Waals surface area contributed by atoms with E-state index in [9.17, 15) is 18.8 Å². The Morgan fingerprint density at radius 3 is 2.50 bits per heavy atom. The Labute approximate surface area is 174 Å². The Kier molecular flexibility index (Phi) is 6.01. The summed E-state index contributed by atoms with van der Waals surface area (Å²) in [6.07, 6.45) is 5.53. The predicted molar refractivity (Wildman–Crippen MR) is 108 cm³/mol. The average Bonchev–Trinajstić information content (AvgIpc) is 3.49. The molecule has 162 valence electrons. The molecule has 1 unspecified atom stereocenters. The zero-order chi connectivity index (χ0) is 21.3. The van der Waals surface area contributed by atoms with Gasteiger partial charge in [0.1, 0.15) is 12.4 Å². The summed E-state index contributed by atoms with van der Waals surface area (Å²) < 4.78 is 19.7. The lowest BCUT2D eigenvalue weighted by atomic mass is 9.77. The van der Waals surface area contributed by atoms with Gasteiger partial charge in [-0.15, -0.1) is 0 Å². The molecule has 2 atom stereocenters. The van der Waals surface area contributed by atoms with Gasteiger partial charge in [-0.25, -0.2) is 4.39 Å². The second kappa shape index (κ2) is 8.69. The number of nitrogens with one attached hydrogen (secondary N) is 2. The van der Waals surface area contributed by atoms with E-state index in [1.54, 1.807) is 0 Å². The average molecular weight is 418 g/mol. The molecule has 30 heavy (non-hydrogen) atoms. The van der Waals surface area contributed by atoms with Crippen molar-refractivity contribution in [3.8, 4) is 0 Å². The Bertz CT molecular complexity index is 840. The molecule has 4 rings (SSSR count). The third-order valence-corrected chi connectivity index (χ3v) is 6.19. The SMILES string of the molecule is NC(=O)[C@H](NC(C1CCC1)C1CC1)C(=O)Nc1ccc(N2CCOCC2=O)c(F)c1. The van der Waals surface area contributed by atoms with Crippen molar-refractivity contribution in [2.75, 3.05) is 30.0 Å². The van der Waals surface area contributed by atoms with Crippen LogP contribution in [0.5, 0.6) is 0 Å². The third kappa shape index (κ3) is 4.46. The smallest absolute Gasteiger partial charge is 0.253 e. The van der Waals surface area contributed by atoms with Gasteiger partial charge in [0, 0.05) is 18.3 Å². The van der Waals surface area contributed by atoms with Crippen LogP contribution in [0.3, 0.4) is 0 Å². The lowest BCUT2D eigenvalue weighted by molar-refractivity contribution is -0.128. The number of primary amides is 1. The van der Waals surface area contributed by atoms with E-state index in [1.807, 2.05) is 0 Å². The summed E-state index contributed by atoms with van der Waals surface area (Å²) in [5.74, 6) is -1.38. The van der Waals surface area contributed by atoms with Crippen LogP contribution in [0.4, 0.5) is 15.8 Å². The van der Waals surface area contributed by atoms with Gasteiger partial charge in [0.2, 0.25) is 5.91 Å². The fourth-order valence-corrected chi connectivity index (χ4v) is 4.18. The minimum atomic E-state index is -1.18.